The minimum atomic E-state index is -0.930. The lowest BCUT2D eigenvalue weighted by Gasteiger charge is -2.17. The molecule has 96 valence electrons. The maximum Gasteiger partial charge on any atom is 0.253 e. The van der Waals surface area contributed by atoms with Crippen molar-refractivity contribution < 1.29 is 9.90 Å². The van der Waals surface area contributed by atoms with Crippen LogP contribution >= 0.6 is 0 Å². The molecule has 0 unspecified atom stereocenters. The third kappa shape index (κ3) is 2.62. The number of nitrogens with two attached hydrogens (primary N) is 1. The van der Waals surface area contributed by atoms with Gasteiger partial charge in [0.2, 0.25) is 0 Å². The molecule has 1 amide bonds. The van der Waals surface area contributed by atoms with Crippen molar-refractivity contribution >= 4 is 22.5 Å². The van der Waals surface area contributed by atoms with Gasteiger partial charge in [-0.05, 0) is 32.0 Å². The van der Waals surface area contributed by atoms with Gasteiger partial charge in [-0.2, -0.15) is 0 Å². The van der Waals surface area contributed by atoms with Crippen molar-refractivity contribution in [3.05, 3.63) is 30.0 Å². The number of fused-ring (bicyclic) bond motifs is 1. The molecule has 0 fully saturated rings. The van der Waals surface area contributed by atoms with E-state index in [1.165, 1.54) is 0 Å². The van der Waals surface area contributed by atoms with Gasteiger partial charge in [0.15, 0.2) is 0 Å². The fraction of sp³-hybridized carbons (Fsp3) is 0.308. The monoisotopic (exact) mass is 247 g/mol. The number of carbonyl (C=O) groups excluding carboxylic acids is 1. The Morgan fingerprint density at radius 1 is 1.50 bits per heavy atom. The molecule has 5 heteroatoms. The maximum absolute atomic E-state index is 12.0. The Balaban J connectivity index is 2.25. The standard InChI is InChI=1S/C13H17N3O2/c1-13(2,18)7-16-12(17)10-6-15-11-4-3-8(14)5-9(10)11/h3-6,15,18H,7,14H2,1-2H3,(H,16,17). The van der Waals surface area contributed by atoms with Crippen molar-refractivity contribution in [1.82, 2.24) is 10.3 Å². The summed E-state index contributed by atoms with van der Waals surface area (Å²) < 4.78 is 0. The van der Waals surface area contributed by atoms with Gasteiger partial charge < -0.3 is 21.1 Å². The van der Waals surface area contributed by atoms with E-state index in [-0.39, 0.29) is 12.5 Å². The normalized spacial score (nSPS) is 11.7. The fourth-order valence-corrected chi connectivity index (χ4v) is 1.72. The fourth-order valence-electron chi connectivity index (χ4n) is 1.72. The summed E-state index contributed by atoms with van der Waals surface area (Å²) in [6, 6.07) is 5.36. The van der Waals surface area contributed by atoms with Crippen molar-refractivity contribution in [1.29, 1.82) is 0 Å². The molecule has 2 rings (SSSR count). The number of hydrogen-bond donors (Lipinski definition) is 4. The molecule has 1 aromatic carbocycles. The molecule has 0 bridgehead atoms. The number of hydrogen-bond acceptors (Lipinski definition) is 3. The van der Waals surface area contributed by atoms with Gasteiger partial charge in [-0.15, -0.1) is 0 Å². The van der Waals surface area contributed by atoms with Crippen LogP contribution in [-0.4, -0.2) is 28.1 Å². The Bertz CT molecular complexity index is 581. The SMILES string of the molecule is CC(C)(O)CNC(=O)c1c[nH]c2ccc(N)cc12. The maximum atomic E-state index is 12.0. The number of aliphatic hydroxyl groups is 1. The zero-order valence-corrected chi connectivity index (χ0v) is 10.4. The van der Waals surface area contributed by atoms with Crippen molar-refractivity contribution in [2.24, 2.45) is 0 Å². The molecule has 0 saturated heterocycles. The van der Waals surface area contributed by atoms with Crippen molar-refractivity contribution in [2.75, 3.05) is 12.3 Å². The topological polar surface area (TPSA) is 91.1 Å². The largest absolute Gasteiger partial charge is 0.399 e. The van der Waals surface area contributed by atoms with E-state index < -0.39 is 5.60 Å². The second kappa shape index (κ2) is 4.34. The third-order valence-electron chi connectivity index (χ3n) is 2.63. The van der Waals surface area contributed by atoms with Gasteiger partial charge in [0, 0.05) is 29.3 Å². The van der Waals surface area contributed by atoms with Gasteiger partial charge in [0.25, 0.3) is 5.91 Å². The lowest BCUT2D eigenvalue weighted by molar-refractivity contribution is 0.0695. The highest BCUT2D eigenvalue weighted by atomic mass is 16.3. The third-order valence-corrected chi connectivity index (χ3v) is 2.63. The quantitative estimate of drug-likeness (QED) is 0.615. The molecule has 5 nitrogen and oxygen atoms in total. The lowest BCUT2D eigenvalue weighted by Crippen LogP contribution is -2.38. The molecule has 1 aromatic heterocycles. The first kappa shape index (κ1) is 12.4. The van der Waals surface area contributed by atoms with E-state index in [0.29, 0.717) is 11.3 Å². The number of aromatic nitrogens is 1. The highest BCUT2D eigenvalue weighted by molar-refractivity contribution is 6.07. The van der Waals surface area contributed by atoms with Crippen molar-refractivity contribution in [3.63, 3.8) is 0 Å². The number of rotatable bonds is 3. The second-order valence-corrected chi connectivity index (χ2v) is 5.00. The summed E-state index contributed by atoms with van der Waals surface area (Å²) in [4.78, 5) is 15.0. The molecular formula is C13H17N3O2. The number of amides is 1. The van der Waals surface area contributed by atoms with Gasteiger partial charge in [0.05, 0.1) is 11.2 Å². The molecule has 0 aliphatic heterocycles. The zero-order chi connectivity index (χ0) is 13.3. The summed E-state index contributed by atoms with van der Waals surface area (Å²) in [7, 11) is 0. The number of aromatic amines is 1. The van der Waals surface area contributed by atoms with E-state index in [1.807, 2.05) is 6.07 Å². The van der Waals surface area contributed by atoms with Crippen LogP contribution in [-0.2, 0) is 0 Å². The Morgan fingerprint density at radius 2 is 2.22 bits per heavy atom. The highest BCUT2D eigenvalue weighted by Crippen LogP contribution is 2.20. The van der Waals surface area contributed by atoms with Crippen LogP contribution in [0.5, 0.6) is 0 Å². The first-order valence-corrected chi connectivity index (χ1v) is 5.74. The molecule has 2 aromatic rings. The van der Waals surface area contributed by atoms with E-state index in [2.05, 4.69) is 10.3 Å². The molecule has 1 heterocycles. The number of nitrogen functional groups attached to an aromatic ring is 1. The number of H-pyrrole nitrogens is 1. The van der Waals surface area contributed by atoms with Crippen LogP contribution in [0.15, 0.2) is 24.4 Å². The summed E-state index contributed by atoms with van der Waals surface area (Å²) in [5, 5.41) is 13.0. The van der Waals surface area contributed by atoms with E-state index in [0.717, 1.165) is 10.9 Å². The summed E-state index contributed by atoms with van der Waals surface area (Å²) in [5.74, 6) is -0.228. The number of nitrogens with one attached hydrogen (secondary N) is 2. The van der Waals surface area contributed by atoms with Gasteiger partial charge in [-0.1, -0.05) is 0 Å². The number of benzene rings is 1. The molecule has 0 radical (unpaired) electrons. The van der Waals surface area contributed by atoms with Crippen LogP contribution in [0.3, 0.4) is 0 Å². The Morgan fingerprint density at radius 3 is 2.89 bits per heavy atom. The molecular weight excluding hydrogens is 230 g/mol. The number of anilines is 1. The van der Waals surface area contributed by atoms with Crippen LogP contribution in [0, 0.1) is 0 Å². The average Bonchev–Trinajstić information content (AvgIpc) is 2.67. The first-order chi connectivity index (χ1) is 8.37. The molecule has 0 aliphatic carbocycles. The van der Waals surface area contributed by atoms with Gasteiger partial charge in [-0.3, -0.25) is 4.79 Å². The summed E-state index contributed by atoms with van der Waals surface area (Å²) in [6.07, 6.45) is 1.64. The van der Waals surface area contributed by atoms with Crippen LogP contribution in [0.4, 0.5) is 5.69 Å². The molecule has 0 aliphatic rings. The Kier molecular flexibility index (Phi) is 3.00. The summed E-state index contributed by atoms with van der Waals surface area (Å²) in [6.45, 7) is 3.47. The molecule has 0 atom stereocenters. The van der Waals surface area contributed by atoms with Crippen LogP contribution in [0.25, 0.3) is 10.9 Å². The summed E-state index contributed by atoms with van der Waals surface area (Å²) >= 11 is 0. The van der Waals surface area contributed by atoms with Crippen LogP contribution in [0.2, 0.25) is 0 Å². The smallest absolute Gasteiger partial charge is 0.253 e. The molecule has 0 saturated carbocycles. The molecule has 0 spiro atoms. The van der Waals surface area contributed by atoms with Crippen LogP contribution < -0.4 is 11.1 Å². The minimum Gasteiger partial charge on any atom is -0.399 e. The van der Waals surface area contributed by atoms with Gasteiger partial charge >= 0.3 is 0 Å². The van der Waals surface area contributed by atoms with Crippen molar-refractivity contribution in [2.45, 2.75) is 19.4 Å². The highest BCUT2D eigenvalue weighted by Gasteiger charge is 2.17. The van der Waals surface area contributed by atoms with Gasteiger partial charge in [0.1, 0.15) is 0 Å². The van der Waals surface area contributed by atoms with Crippen molar-refractivity contribution in [3.8, 4) is 0 Å². The minimum absolute atomic E-state index is 0.195. The zero-order valence-electron chi connectivity index (χ0n) is 10.4. The molecule has 18 heavy (non-hydrogen) atoms. The molecule has 5 N–H and O–H groups in total. The summed E-state index contributed by atoms with van der Waals surface area (Å²) in [5.41, 5.74) is 6.78. The lowest BCUT2D eigenvalue weighted by atomic mass is 10.1. The Hall–Kier alpha value is -2.01. The van der Waals surface area contributed by atoms with E-state index in [4.69, 9.17) is 5.73 Å². The second-order valence-electron chi connectivity index (χ2n) is 5.00. The van der Waals surface area contributed by atoms with E-state index in [9.17, 15) is 9.90 Å². The van der Waals surface area contributed by atoms with E-state index in [1.54, 1.807) is 32.2 Å². The predicted octanol–water partition coefficient (Wildman–Crippen LogP) is 1.25. The average molecular weight is 247 g/mol. The van der Waals surface area contributed by atoms with Crippen LogP contribution in [0.1, 0.15) is 24.2 Å². The first-order valence-electron chi connectivity index (χ1n) is 5.74. The predicted molar refractivity (Wildman–Crippen MR) is 71.3 cm³/mol. The van der Waals surface area contributed by atoms with Gasteiger partial charge in [-0.25, -0.2) is 0 Å². The van der Waals surface area contributed by atoms with E-state index >= 15 is 0 Å². The Labute approximate surface area is 105 Å². The number of carbonyl (C=O) groups is 1.